The van der Waals surface area contributed by atoms with Crippen molar-refractivity contribution in [2.75, 3.05) is 25.7 Å². The molecule has 0 bridgehead atoms. The van der Waals surface area contributed by atoms with Gasteiger partial charge >= 0.3 is 5.97 Å². The second kappa shape index (κ2) is 10.8. The smallest absolute Gasteiger partial charge is 0.337 e. The minimum atomic E-state index is -0.985. The van der Waals surface area contributed by atoms with Gasteiger partial charge in [-0.2, -0.15) is 0 Å². The normalized spacial score (nSPS) is 15.0. The summed E-state index contributed by atoms with van der Waals surface area (Å²) in [6.07, 6.45) is 2.22. The number of hydrogen-bond donors (Lipinski definition) is 1. The zero-order chi connectivity index (χ0) is 27.5. The number of aromatic nitrogens is 1. The quantitative estimate of drug-likeness (QED) is 0.275. The molecule has 2 heterocycles. The number of esters is 1. The Morgan fingerprint density at radius 3 is 2.49 bits per heavy atom. The van der Waals surface area contributed by atoms with E-state index in [9.17, 15) is 19.2 Å². The lowest BCUT2D eigenvalue weighted by Crippen LogP contribution is -2.46. The molecular weight excluding hydrogens is 498 g/mol. The van der Waals surface area contributed by atoms with Crippen LogP contribution in [0.3, 0.4) is 0 Å². The average Bonchev–Trinajstić information content (AvgIpc) is 3.52. The third-order valence-electron chi connectivity index (χ3n) is 6.92. The van der Waals surface area contributed by atoms with Crippen LogP contribution in [-0.2, 0) is 20.7 Å². The molecule has 5 rings (SSSR count). The molecule has 3 aromatic carbocycles. The highest BCUT2D eigenvalue weighted by molar-refractivity contribution is 6.23. The molecule has 4 aromatic rings. The van der Waals surface area contributed by atoms with Gasteiger partial charge in [-0.25, -0.2) is 9.69 Å². The number of imide groups is 1. The molecule has 9 heteroatoms. The number of fused-ring (bicyclic) bond motifs is 1. The monoisotopic (exact) mass is 525 g/mol. The summed E-state index contributed by atoms with van der Waals surface area (Å²) in [6, 6.07) is 19.6. The van der Waals surface area contributed by atoms with Gasteiger partial charge < -0.3 is 19.4 Å². The summed E-state index contributed by atoms with van der Waals surface area (Å²) in [4.78, 5) is 58.1. The number of nitrogens with zero attached hydrogens (tertiary/aromatic N) is 2. The number of H-pyrrole nitrogens is 1. The molecule has 0 spiro atoms. The summed E-state index contributed by atoms with van der Waals surface area (Å²) in [5.74, 6) is -1.31. The lowest BCUT2D eigenvalue weighted by Gasteiger charge is -2.28. The van der Waals surface area contributed by atoms with Crippen molar-refractivity contribution in [1.82, 2.24) is 9.88 Å². The number of para-hydroxylation sites is 1. The maximum absolute atomic E-state index is 13.8. The Bertz CT molecular complexity index is 1560. The molecule has 9 nitrogen and oxygen atoms in total. The molecule has 39 heavy (non-hydrogen) atoms. The van der Waals surface area contributed by atoms with E-state index in [1.165, 1.54) is 43.4 Å². The van der Waals surface area contributed by atoms with Gasteiger partial charge in [0.05, 0.1) is 31.9 Å². The van der Waals surface area contributed by atoms with Crippen molar-refractivity contribution < 1.29 is 28.7 Å². The molecule has 1 aliphatic rings. The number of amides is 3. The van der Waals surface area contributed by atoms with Gasteiger partial charge in [0.25, 0.3) is 11.8 Å². The Labute approximate surface area is 224 Å². The minimum absolute atomic E-state index is 0.152. The molecule has 3 amide bonds. The molecule has 1 N–H and O–H groups in total. The van der Waals surface area contributed by atoms with Crippen LogP contribution in [-0.4, -0.2) is 60.4 Å². The lowest BCUT2D eigenvalue weighted by molar-refractivity contribution is -0.122. The molecule has 1 unspecified atom stereocenters. The predicted octanol–water partition coefficient (Wildman–Crippen LogP) is 3.98. The fourth-order valence-corrected chi connectivity index (χ4v) is 4.90. The van der Waals surface area contributed by atoms with E-state index < -0.39 is 23.8 Å². The average molecular weight is 526 g/mol. The van der Waals surface area contributed by atoms with Crippen molar-refractivity contribution in [2.45, 2.75) is 18.9 Å². The number of aromatic amines is 1. The van der Waals surface area contributed by atoms with Crippen molar-refractivity contribution in [3.63, 3.8) is 0 Å². The van der Waals surface area contributed by atoms with Gasteiger partial charge in [-0.1, -0.05) is 24.3 Å². The molecule has 1 aromatic heterocycles. The number of carbonyl (C=O) groups is 4. The minimum Gasteiger partial charge on any atom is -0.497 e. The number of methoxy groups -OCH3 is 2. The highest BCUT2D eigenvalue weighted by Gasteiger charge is 2.44. The van der Waals surface area contributed by atoms with Crippen LogP contribution in [0.15, 0.2) is 79.0 Å². The van der Waals surface area contributed by atoms with Crippen LogP contribution < -0.4 is 9.64 Å². The van der Waals surface area contributed by atoms with Crippen LogP contribution in [0.4, 0.5) is 5.69 Å². The number of benzene rings is 3. The number of ether oxygens (including phenoxy) is 2. The molecule has 1 fully saturated rings. The second-order valence-corrected chi connectivity index (χ2v) is 9.17. The Hall–Kier alpha value is -4.92. The second-order valence-electron chi connectivity index (χ2n) is 9.17. The predicted molar refractivity (Wildman–Crippen MR) is 145 cm³/mol. The Morgan fingerprint density at radius 2 is 1.74 bits per heavy atom. The summed E-state index contributed by atoms with van der Waals surface area (Å²) in [7, 11) is 2.79. The van der Waals surface area contributed by atoms with Crippen LogP contribution >= 0.6 is 0 Å². The van der Waals surface area contributed by atoms with Crippen molar-refractivity contribution in [3.05, 3.63) is 95.7 Å². The zero-order valence-corrected chi connectivity index (χ0v) is 21.5. The van der Waals surface area contributed by atoms with Gasteiger partial charge in [0, 0.05) is 29.2 Å². The number of rotatable bonds is 8. The van der Waals surface area contributed by atoms with Crippen LogP contribution in [0.2, 0.25) is 0 Å². The zero-order valence-electron chi connectivity index (χ0n) is 21.5. The Morgan fingerprint density at radius 1 is 0.974 bits per heavy atom. The molecule has 0 aliphatic carbocycles. The van der Waals surface area contributed by atoms with E-state index in [-0.39, 0.29) is 18.9 Å². The molecule has 1 saturated heterocycles. The molecule has 0 radical (unpaired) electrons. The molecule has 1 atom stereocenters. The third-order valence-corrected chi connectivity index (χ3v) is 6.92. The first kappa shape index (κ1) is 25.7. The number of nitrogens with one attached hydrogen (secondary N) is 1. The largest absolute Gasteiger partial charge is 0.497 e. The van der Waals surface area contributed by atoms with Crippen LogP contribution in [0.5, 0.6) is 5.75 Å². The number of carbonyl (C=O) groups excluding carboxylic acids is 4. The van der Waals surface area contributed by atoms with E-state index in [1.807, 2.05) is 30.5 Å². The number of hydrogen-bond acceptors (Lipinski definition) is 6. The topological polar surface area (TPSA) is 109 Å². The van der Waals surface area contributed by atoms with Crippen molar-refractivity contribution in [1.29, 1.82) is 0 Å². The van der Waals surface area contributed by atoms with E-state index in [2.05, 4.69) is 4.98 Å². The van der Waals surface area contributed by atoms with E-state index in [0.29, 0.717) is 29.0 Å². The Balaban J connectivity index is 1.45. The highest BCUT2D eigenvalue weighted by atomic mass is 16.5. The summed E-state index contributed by atoms with van der Waals surface area (Å²) in [5, 5.41) is 1.03. The van der Waals surface area contributed by atoms with Crippen LogP contribution in [0.25, 0.3) is 10.9 Å². The summed E-state index contributed by atoms with van der Waals surface area (Å²) in [6.45, 7) is 0.219. The SMILES string of the molecule is COC(=O)c1ccc(N2C(=O)CC(N(CCc3c[nH]c4ccccc34)C(=O)c3cccc(OC)c3)C2=O)cc1. The molecule has 198 valence electrons. The maximum Gasteiger partial charge on any atom is 0.337 e. The lowest BCUT2D eigenvalue weighted by atomic mass is 10.1. The van der Waals surface area contributed by atoms with E-state index in [0.717, 1.165) is 21.4 Å². The van der Waals surface area contributed by atoms with Crippen molar-refractivity contribution >= 4 is 40.3 Å². The van der Waals surface area contributed by atoms with Gasteiger partial charge in [0.1, 0.15) is 11.8 Å². The first-order chi connectivity index (χ1) is 18.9. The highest BCUT2D eigenvalue weighted by Crippen LogP contribution is 2.28. The fraction of sp³-hybridized carbons (Fsp3) is 0.200. The van der Waals surface area contributed by atoms with Crippen molar-refractivity contribution in [2.24, 2.45) is 0 Å². The van der Waals surface area contributed by atoms with E-state index in [1.54, 1.807) is 24.3 Å². The van der Waals surface area contributed by atoms with Gasteiger partial charge in [-0.3, -0.25) is 14.4 Å². The maximum atomic E-state index is 13.8. The van der Waals surface area contributed by atoms with Gasteiger partial charge in [0.15, 0.2) is 0 Å². The fourth-order valence-electron chi connectivity index (χ4n) is 4.90. The number of anilines is 1. The van der Waals surface area contributed by atoms with Crippen LogP contribution in [0, 0.1) is 0 Å². The molecular formula is C30H27N3O6. The molecule has 1 aliphatic heterocycles. The van der Waals surface area contributed by atoms with Gasteiger partial charge in [0.2, 0.25) is 5.91 Å². The van der Waals surface area contributed by atoms with Crippen LogP contribution in [0.1, 0.15) is 32.7 Å². The van der Waals surface area contributed by atoms with Crippen molar-refractivity contribution in [3.8, 4) is 5.75 Å². The van der Waals surface area contributed by atoms with Gasteiger partial charge in [-0.05, 0) is 60.5 Å². The summed E-state index contributed by atoms with van der Waals surface area (Å²) in [5.41, 5.74) is 2.96. The standard InChI is InChI=1S/C30H27N3O6/c1-38-23-7-5-6-20(16-23)28(35)32(15-14-21-18-31-25-9-4-3-8-24(21)25)26-17-27(34)33(29(26)36)22-12-10-19(11-13-22)30(37)39-2/h3-13,16,18,26,31H,14-15,17H2,1-2H3. The van der Waals surface area contributed by atoms with Gasteiger partial charge in [-0.15, -0.1) is 0 Å². The first-order valence-electron chi connectivity index (χ1n) is 12.5. The van der Waals surface area contributed by atoms with E-state index >= 15 is 0 Å². The summed E-state index contributed by atoms with van der Waals surface area (Å²) < 4.78 is 10.0. The molecule has 0 saturated carbocycles. The third kappa shape index (κ3) is 4.98. The first-order valence-corrected chi connectivity index (χ1v) is 12.5. The summed E-state index contributed by atoms with van der Waals surface area (Å²) >= 11 is 0. The van der Waals surface area contributed by atoms with E-state index in [4.69, 9.17) is 9.47 Å². The Kier molecular flexibility index (Phi) is 7.14.